The third kappa shape index (κ3) is 2.48. The molecule has 2 nitrogen and oxygen atoms in total. The fourth-order valence-corrected chi connectivity index (χ4v) is 2.16. The van der Waals surface area contributed by atoms with E-state index in [1.54, 1.807) is 0 Å². The molecule has 0 N–H and O–H groups in total. The molecule has 0 radical (unpaired) electrons. The molecule has 2 heteroatoms. The first kappa shape index (κ1) is 12.0. The summed E-state index contributed by atoms with van der Waals surface area (Å²) in [6.45, 7) is 14.0. The highest BCUT2D eigenvalue weighted by atomic mass is 16.7. The Hall–Kier alpha value is -0.0800. The van der Waals surface area contributed by atoms with Crippen LogP contribution in [0.2, 0.25) is 0 Å². The highest BCUT2D eigenvalue weighted by molar-refractivity contribution is 4.85. The zero-order valence-electron chi connectivity index (χ0n) is 10.3. The van der Waals surface area contributed by atoms with Gasteiger partial charge >= 0.3 is 0 Å². The molecule has 0 aromatic carbocycles. The first-order chi connectivity index (χ1) is 6.34. The van der Waals surface area contributed by atoms with Gasteiger partial charge in [-0.25, -0.2) is 0 Å². The van der Waals surface area contributed by atoms with E-state index in [9.17, 15) is 0 Å². The Morgan fingerprint density at radius 3 is 2.07 bits per heavy atom. The van der Waals surface area contributed by atoms with Gasteiger partial charge in [-0.1, -0.05) is 41.5 Å². The fourth-order valence-electron chi connectivity index (χ4n) is 2.16. The number of rotatable bonds is 2. The van der Waals surface area contributed by atoms with Gasteiger partial charge in [0.15, 0.2) is 6.29 Å². The molecule has 0 aromatic rings. The summed E-state index contributed by atoms with van der Waals surface area (Å²) in [4.78, 5) is 0. The summed E-state index contributed by atoms with van der Waals surface area (Å²) in [5.74, 6) is 0.988. The Balaban J connectivity index is 2.68. The molecule has 0 saturated carbocycles. The Morgan fingerprint density at radius 2 is 1.64 bits per heavy atom. The molecule has 0 aliphatic carbocycles. The molecule has 1 saturated heterocycles. The zero-order chi connectivity index (χ0) is 10.9. The maximum atomic E-state index is 6.00. The van der Waals surface area contributed by atoms with Crippen LogP contribution < -0.4 is 0 Å². The van der Waals surface area contributed by atoms with Crippen LogP contribution in [0.1, 0.15) is 41.5 Å². The van der Waals surface area contributed by atoms with Gasteiger partial charge in [-0.3, -0.25) is 0 Å². The van der Waals surface area contributed by atoms with Gasteiger partial charge in [-0.15, -0.1) is 0 Å². The lowest BCUT2D eigenvalue weighted by Gasteiger charge is -2.45. The quantitative estimate of drug-likeness (QED) is 0.682. The van der Waals surface area contributed by atoms with Crippen LogP contribution >= 0.6 is 0 Å². The van der Waals surface area contributed by atoms with Crippen molar-refractivity contribution in [2.24, 2.45) is 17.3 Å². The van der Waals surface area contributed by atoms with Crippen molar-refractivity contribution in [2.45, 2.75) is 53.9 Å². The van der Waals surface area contributed by atoms with Gasteiger partial charge < -0.3 is 9.47 Å². The van der Waals surface area contributed by atoms with E-state index >= 15 is 0 Å². The molecule has 0 bridgehead atoms. The summed E-state index contributed by atoms with van der Waals surface area (Å²) in [6.07, 6.45) is 0.291. The number of hydrogen-bond acceptors (Lipinski definition) is 2. The molecule has 84 valence electrons. The summed E-state index contributed by atoms with van der Waals surface area (Å²) in [5, 5.41) is 0. The minimum absolute atomic E-state index is 0.0181. The Bertz CT molecular complexity index is 185. The monoisotopic (exact) mass is 200 g/mol. The topological polar surface area (TPSA) is 18.5 Å². The third-order valence-electron chi connectivity index (χ3n) is 2.82. The lowest BCUT2D eigenvalue weighted by molar-refractivity contribution is -0.283. The van der Waals surface area contributed by atoms with Gasteiger partial charge in [0, 0.05) is 11.3 Å². The molecular weight excluding hydrogens is 176 g/mol. The summed E-state index contributed by atoms with van der Waals surface area (Å²) in [7, 11) is 0. The predicted molar refractivity (Wildman–Crippen MR) is 58.1 cm³/mol. The Morgan fingerprint density at radius 1 is 1.07 bits per heavy atom. The van der Waals surface area contributed by atoms with E-state index in [2.05, 4.69) is 41.5 Å². The second-order valence-corrected chi connectivity index (χ2v) is 5.71. The van der Waals surface area contributed by atoms with Crippen LogP contribution in [0.4, 0.5) is 0 Å². The average Bonchev–Trinajstić information content (AvgIpc) is 2.02. The van der Waals surface area contributed by atoms with Gasteiger partial charge in [0.1, 0.15) is 0 Å². The van der Waals surface area contributed by atoms with Crippen molar-refractivity contribution >= 4 is 0 Å². The second kappa shape index (κ2) is 4.19. The van der Waals surface area contributed by atoms with Crippen molar-refractivity contribution in [3.05, 3.63) is 0 Å². The SMILES string of the molecule is CC(C)[C@H]1OCC(C)(C)[C@H](C(C)C)O1. The van der Waals surface area contributed by atoms with Crippen LogP contribution in [0.15, 0.2) is 0 Å². The Labute approximate surface area is 88.0 Å². The van der Waals surface area contributed by atoms with Crippen molar-refractivity contribution in [3.63, 3.8) is 0 Å². The van der Waals surface area contributed by atoms with Gasteiger partial charge in [0.05, 0.1) is 12.7 Å². The molecule has 0 unspecified atom stereocenters. The van der Waals surface area contributed by atoms with E-state index in [0.29, 0.717) is 17.9 Å². The number of ether oxygens (including phenoxy) is 2. The molecule has 1 fully saturated rings. The summed E-state index contributed by atoms with van der Waals surface area (Å²) in [6, 6.07) is 0. The lowest BCUT2D eigenvalue weighted by Crippen LogP contribution is -2.49. The van der Waals surface area contributed by atoms with Gasteiger partial charge in [-0.05, 0) is 5.92 Å². The molecule has 0 amide bonds. The van der Waals surface area contributed by atoms with E-state index in [4.69, 9.17) is 9.47 Å². The van der Waals surface area contributed by atoms with E-state index in [0.717, 1.165) is 6.61 Å². The van der Waals surface area contributed by atoms with Gasteiger partial charge in [0.2, 0.25) is 0 Å². The van der Waals surface area contributed by atoms with Gasteiger partial charge in [0.25, 0.3) is 0 Å². The van der Waals surface area contributed by atoms with E-state index in [-0.39, 0.29) is 11.7 Å². The largest absolute Gasteiger partial charge is 0.352 e. The van der Waals surface area contributed by atoms with Crippen LogP contribution in [0.3, 0.4) is 0 Å². The Kier molecular flexibility index (Phi) is 3.59. The standard InChI is InChI=1S/C12H24O2/c1-8(2)10-12(5,6)7-13-11(14-10)9(3)4/h8-11H,7H2,1-6H3/t10-,11-/m0/s1. The smallest absolute Gasteiger partial charge is 0.160 e. The second-order valence-electron chi connectivity index (χ2n) is 5.71. The highest BCUT2D eigenvalue weighted by Crippen LogP contribution is 2.36. The van der Waals surface area contributed by atoms with Crippen LogP contribution in [-0.2, 0) is 9.47 Å². The van der Waals surface area contributed by atoms with Crippen LogP contribution in [0.5, 0.6) is 0 Å². The van der Waals surface area contributed by atoms with E-state index in [1.807, 2.05) is 0 Å². The normalized spacial score (nSPS) is 32.6. The lowest BCUT2D eigenvalue weighted by atomic mass is 9.80. The molecule has 14 heavy (non-hydrogen) atoms. The molecule has 1 heterocycles. The maximum Gasteiger partial charge on any atom is 0.160 e. The molecule has 1 aliphatic rings. The van der Waals surface area contributed by atoms with E-state index < -0.39 is 0 Å². The molecule has 2 atom stereocenters. The van der Waals surface area contributed by atoms with Crippen LogP contribution in [0.25, 0.3) is 0 Å². The van der Waals surface area contributed by atoms with Gasteiger partial charge in [-0.2, -0.15) is 0 Å². The molecule has 0 spiro atoms. The predicted octanol–water partition coefficient (Wildman–Crippen LogP) is 3.07. The van der Waals surface area contributed by atoms with Crippen LogP contribution in [0, 0.1) is 17.3 Å². The van der Waals surface area contributed by atoms with Crippen LogP contribution in [-0.4, -0.2) is 19.0 Å². The number of hydrogen-bond donors (Lipinski definition) is 0. The average molecular weight is 200 g/mol. The summed E-state index contributed by atoms with van der Waals surface area (Å²) < 4.78 is 11.7. The molecular formula is C12H24O2. The fraction of sp³-hybridized carbons (Fsp3) is 1.00. The molecule has 0 aromatic heterocycles. The minimum atomic E-state index is -0.0181. The summed E-state index contributed by atoms with van der Waals surface area (Å²) >= 11 is 0. The van der Waals surface area contributed by atoms with E-state index in [1.165, 1.54) is 0 Å². The van der Waals surface area contributed by atoms with Crippen molar-refractivity contribution < 1.29 is 9.47 Å². The summed E-state index contributed by atoms with van der Waals surface area (Å²) in [5.41, 5.74) is 0.138. The van der Waals surface area contributed by atoms with Crippen molar-refractivity contribution in [2.75, 3.05) is 6.61 Å². The maximum absolute atomic E-state index is 6.00. The first-order valence-electron chi connectivity index (χ1n) is 5.61. The minimum Gasteiger partial charge on any atom is -0.352 e. The van der Waals surface area contributed by atoms with Crippen molar-refractivity contribution in [1.82, 2.24) is 0 Å². The first-order valence-corrected chi connectivity index (χ1v) is 5.61. The molecule has 1 aliphatic heterocycles. The van der Waals surface area contributed by atoms with Crippen molar-refractivity contribution in [1.29, 1.82) is 0 Å². The van der Waals surface area contributed by atoms with Crippen molar-refractivity contribution in [3.8, 4) is 0 Å². The zero-order valence-corrected chi connectivity index (χ0v) is 10.3. The third-order valence-corrected chi connectivity index (χ3v) is 2.82. The molecule has 1 rings (SSSR count). The highest BCUT2D eigenvalue weighted by Gasteiger charge is 2.40.